The zero-order chi connectivity index (χ0) is 15.6. The maximum Gasteiger partial charge on any atom is 0.231 e. The van der Waals surface area contributed by atoms with Gasteiger partial charge in [-0.15, -0.1) is 0 Å². The van der Waals surface area contributed by atoms with E-state index in [-0.39, 0.29) is 25.8 Å². The predicted octanol–water partition coefficient (Wildman–Crippen LogP) is 3.12. The van der Waals surface area contributed by atoms with Crippen LogP contribution < -0.4 is 18.9 Å². The second-order valence-electron chi connectivity index (χ2n) is 5.04. The van der Waals surface area contributed by atoms with E-state index in [1.807, 2.05) is 6.07 Å². The summed E-state index contributed by atoms with van der Waals surface area (Å²) < 4.78 is 21.0. The van der Waals surface area contributed by atoms with Gasteiger partial charge >= 0.3 is 0 Å². The topological polar surface area (TPSA) is 66.4 Å². The largest absolute Gasteiger partial charge is 0.454 e. The summed E-state index contributed by atoms with van der Waals surface area (Å²) in [5.41, 5.74) is 1.29. The molecule has 2 heterocycles. The summed E-state index contributed by atoms with van der Waals surface area (Å²) in [5.74, 6) is 2.61. The zero-order valence-corrected chi connectivity index (χ0v) is 12.2. The number of hydrogen-bond acceptors (Lipinski definition) is 6. The first-order chi connectivity index (χ1) is 11.3. The van der Waals surface area contributed by atoms with Gasteiger partial charge < -0.3 is 18.9 Å². The van der Waals surface area contributed by atoms with Gasteiger partial charge in [-0.05, 0) is 30.3 Å². The Hall–Kier alpha value is -3.02. The van der Waals surface area contributed by atoms with Crippen LogP contribution in [0, 0.1) is 0 Å². The number of ketones is 1. The van der Waals surface area contributed by atoms with E-state index in [4.69, 9.17) is 18.9 Å². The normalized spacial score (nSPS) is 14.4. The highest BCUT2D eigenvalue weighted by Gasteiger charge is 2.16. The molecule has 2 aliphatic rings. The average Bonchev–Trinajstić information content (AvgIpc) is 3.22. The van der Waals surface area contributed by atoms with E-state index in [1.54, 1.807) is 36.5 Å². The lowest BCUT2D eigenvalue weighted by Gasteiger charge is -2.00. The highest BCUT2D eigenvalue weighted by molar-refractivity contribution is 6.04. The Kier molecular flexibility index (Phi) is 3.34. The Morgan fingerprint density at radius 1 is 0.913 bits per heavy atom. The van der Waals surface area contributed by atoms with Crippen molar-refractivity contribution in [2.45, 2.75) is 6.42 Å². The zero-order valence-electron chi connectivity index (χ0n) is 12.2. The van der Waals surface area contributed by atoms with Gasteiger partial charge in [0, 0.05) is 24.3 Å². The summed E-state index contributed by atoms with van der Waals surface area (Å²) in [5, 5.41) is 0. The molecule has 0 atom stereocenters. The Morgan fingerprint density at radius 3 is 2.35 bits per heavy atom. The molecule has 0 fully saturated rings. The van der Waals surface area contributed by atoms with Crippen molar-refractivity contribution >= 4 is 17.7 Å². The molecule has 4 rings (SSSR count). The minimum absolute atomic E-state index is 0.0345. The van der Waals surface area contributed by atoms with Gasteiger partial charge in [0.2, 0.25) is 13.6 Å². The fourth-order valence-corrected chi connectivity index (χ4v) is 2.39. The maximum atomic E-state index is 12.2. The lowest BCUT2D eigenvalue weighted by atomic mass is 10.1. The Labute approximate surface area is 132 Å². The number of aliphatic imine (C=N–C) groups is 1. The summed E-state index contributed by atoms with van der Waals surface area (Å²) in [7, 11) is 0. The van der Waals surface area contributed by atoms with Gasteiger partial charge in [-0.25, -0.2) is 0 Å². The first kappa shape index (κ1) is 13.6. The first-order valence-electron chi connectivity index (χ1n) is 7.14. The van der Waals surface area contributed by atoms with Crippen LogP contribution in [0.25, 0.3) is 0 Å². The molecule has 116 valence electrons. The van der Waals surface area contributed by atoms with Gasteiger partial charge in [-0.1, -0.05) is 0 Å². The number of ether oxygens (including phenoxy) is 4. The number of carbonyl (C=O) groups is 1. The highest BCUT2D eigenvalue weighted by Crippen LogP contribution is 2.35. The molecule has 6 heteroatoms. The molecule has 0 saturated carbocycles. The molecule has 0 aromatic heterocycles. The van der Waals surface area contributed by atoms with Crippen molar-refractivity contribution in [3.8, 4) is 23.0 Å². The number of fused-ring (bicyclic) bond motifs is 2. The summed E-state index contributed by atoms with van der Waals surface area (Å²) in [4.78, 5) is 16.5. The summed E-state index contributed by atoms with van der Waals surface area (Å²) in [6.45, 7) is 0.420. The van der Waals surface area contributed by atoms with Crippen LogP contribution in [0.15, 0.2) is 41.4 Å². The number of rotatable bonds is 4. The van der Waals surface area contributed by atoms with Gasteiger partial charge in [0.1, 0.15) is 0 Å². The molecule has 0 N–H and O–H groups in total. The predicted molar refractivity (Wildman–Crippen MR) is 82.2 cm³/mol. The SMILES string of the molecule is O=C(CC=Nc1ccc2c(c1)OCO2)c1ccc2c(c1)OCO2. The first-order valence-corrected chi connectivity index (χ1v) is 7.14. The Balaban J connectivity index is 1.43. The second-order valence-corrected chi connectivity index (χ2v) is 5.04. The maximum absolute atomic E-state index is 12.2. The van der Waals surface area contributed by atoms with Crippen LogP contribution in [-0.4, -0.2) is 25.6 Å². The van der Waals surface area contributed by atoms with Gasteiger partial charge in [0.05, 0.1) is 5.69 Å². The van der Waals surface area contributed by atoms with E-state index >= 15 is 0 Å². The Morgan fingerprint density at radius 2 is 1.57 bits per heavy atom. The van der Waals surface area contributed by atoms with E-state index in [1.165, 1.54) is 0 Å². The molecule has 2 aromatic carbocycles. The van der Waals surface area contributed by atoms with Crippen LogP contribution in [0.4, 0.5) is 5.69 Å². The van der Waals surface area contributed by atoms with Crippen molar-refractivity contribution in [2.75, 3.05) is 13.6 Å². The number of hydrogen-bond donors (Lipinski definition) is 0. The lowest BCUT2D eigenvalue weighted by Crippen LogP contribution is -1.99. The van der Waals surface area contributed by atoms with Gasteiger partial charge in [0.25, 0.3) is 0 Å². The van der Waals surface area contributed by atoms with Crippen LogP contribution in [0.2, 0.25) is 0 Å². The van der Waals surface area contributed by atoms with E-state index in [9.17, 15) is 4.79 Å². The van der Waals surface area contributed by atoms with E-state index in [0.717, 1.165) is 0 Å². The van der Waals surface area contributed by atoms with Crippen molar-refractivity contribution in [1.82, 2.24) is 0 Å². The van der Waals surface area contributed by atoms with Crippen LogP contribution in [-0.2, 0) is 0 Å². The minimum Gasteiger partial charge on any atom is -0.454 e. The van der Waals surface area contributed by atoms with Crippen LogP contribution in [0.3, 0.4) is 0 Å². The number of carbonyl (C=O) groups excluding carboxylic acids is 1. The molecule has 6 nitrogen and oxygen atoms in total. The molecule has 0 bridgehead atoms. The number of Topliss-reactive ketones (excluding diaryl/α,β-unsaturated/α-hetero) is 1. The smallest absolute Gasteiger partial charge is 0.231 e. The lowest BCUT2D eigenvalue weighted by molar-refractivity contribution is 0.100. The number of nitrogens with zero attached hydrogens (tertiary/aromatic N) is 1. The third kappa shape index (κ3) is 2.70. The third-order valence-corrected chi connectivity index (χ3v) is 3.57. The van der Waals surface area contributed by atoms with E-state index < -0.39 is 0 Å². The summed E-state index contributed by atoms with van der Waals surface area (Å²) in [6, 6.07) is 10.6. The molecule has 23 heavy (non-hydrogen) atoms. The standard InChI is InChI=1S/C17H13NO5/c19-13(11-1-3-14-16(7-11)22-9-20-14)5-6-18-12-2-4-15-17(8-12)23-10-21-15/h1-4,6-8H,5,9-10H2. The van der Waals surface area contributed by atoms with E-state index in [2.05, 4.69) is 4.99 Å². The molecule has 0 aliphatic carbocycles. The van der Waals surface area contributed by atoms with Gasteiger partial charge in [-0.3, -0.25) is 9.79 Å². The molecule has 0 radical (unpaired) electrons. The Bertz CT molecular complexity index is 800. The monoisotopic (exact) mass is 311 g/mol. The third-order valence-electron chi connectivity index (χ3n) is 3.57. The van der Waals surface area contributed by atoms with Crippen molar-refractivity contribution in [2.24, 2.45) is 4.99 Å². The quantitative estimate of drug-likeness (QED) is 0.641. The molecule has 0 spiro atoms. The van der Waals surface area contributed by atoms with Crippen molar-refractivity contribution in [3.63, 3.8) is 0 Å². The number of benzene rings is 2. The fourth-order valence-electron chi connectivity index (χ4n) is 2.39. The molecular formula is C17H13NO5. The molecule has 0 saturated heterocycles. The molecule has 0 unspecified atom stereocenters. The van der Waals surface area contributed by atoms with Crippen molar-refractivity contribution < 1.29 is 23.7 Å². The van der Waals surface area contributed by atoms with Gasteiger partial charge in [0.15, 0.2) is 28.8 Å². The second kappa shape index (κ2) is 5.64. The molecule has 0 amide bonds. The average molecular weight is 311 g/mol. The van der Waals surface area contributed by atoms with Crippen molar-refractivity contribution in [3.05, 3.63) is 42.0 Å². The molecule has 2 aliphatic heterocycles. The highest BCUT2D eigenvalue weighted by atomic mass is 16.7. The van der Waals surface area contributed by atoms with Crippen molar-refractivity contribution in [1.29, 1.82) is 0 Å². The fraction of sp³-hybridized carbons (Fsp3) is 0.176. The van der Waals surface area contributed by atoms with Crippen LogP contribution >= 0.6 is 0 Å². The van der Waals surface area contributed by atoms with Gasteiger partial charge in [-0.2, -0.15) is 0 Å². The van der Waals surface area contributed by atoms with Crippen LogP contribution in [0.5, 0.6) is 23.0 Å². The van der Waals surface area contributed by atoms with Crippen LogP contribution in [0.1, 0.15) is 16.8 Å². The summed E-state index contributed by atoms with van der Waals surface area (Å²) in [6.07, 6.45) is 1.79. The van der Waals surface area contributed by atoms with E-state index in [0.29, 0.717) is 34.2 Å². The molecule has 2 aromatic rings. The minimum atomic E-state index is -0.0345. The summed E-state index contributed by atoms with van der Waals surface area (Å²) >= 11 is 0. The molecular weight excluding hydrogens is 298 g/mol.